The van der Waals surface area contributed by atoms with Gasteiger partial charge in [0.2, 0.25) is 0 Å². The minimum absolute atomic E-state index is 0.278. The van der Waals surface area contributed by atoms with E-state index in [9.17, 15) is 8.42 Å². The summed E-state index contributed by atoms with van der Waals surface area (Å²) in [6, 6.07) is 0. The molecule has 0 saturated heterocycles. The van der Waals surface area contributed by atoms with Gasteiger partial charge in [-0.05, 0) is 50.0 Å². The molecule has 4 heteroatoms. The maximum atomic E-state index is 11.7. The van der Waals surface area contributed by atoms with Crippen LogP contribution in [0.5, 0.6) is 0 Å². The molecular weight excluding hydrogens is 234 g/mol. The molecule has 17 heavy (non-hydrogen) atoms. The third-order valence-electron chi connectivity index (χ3n) is 4.98. The lowest BCUT2D eigenvalue weighted by Gasteiger charge is -2.38. The van der Waals surface area contributed by atoms with E-state index in [1.165, 1.54) is 25.7 Å². The van der Waals surface area contributed by atoms with Crippen molar-refractivity contribution in [2.24, 2.45) is 17.3 Å². The van der Waals surface area contributed by atoms with Crippen molar-refractivity contribution in [2.75, 3.05) is 25.1 Å². The molecular formula is C13H25NO2S. The largest absolute Gasteiger partial charge is 0.319 e. The molecule has 2 aliphatic carbocycles. The maximum absolute atomic E-state index is 11.7. The molecule has 0 aromatic heterocycles. The highest BCUT2D eigenvalue weighted by atomic mass is 32.2. The van der Waals surface area contributed by atoms with Crippen LogP contribution < -0.4 is 5.32 Å². The van der Waals surface area contributed by atoms with Crippen molar-refractivity contribution >= 4 is 9.84 Å². The van der Waals surface area contributed by atoms with Crippen molar-refractivity contribution in [2.45, 2.75) is 39.0 Å². The zero-order valence-electron chi connectivity index (χ0n) is 11.0. The highest BCUT2D eigenvalue weighted by molar-refractivity contribution is 7.91. The molecule has 0 amide bonds. The molecule has 0 aromatic carbocycles. The molecule has 0 radical (unpaired) electrons. The summed E-state index contributed by atoms with van der Waals surface area (Å²) in [5.74, 6) is 2.31. The van der Waals surface area contributed by atoms with Gasteiger partial charge in [0.05, 0.1) is 5.75 Å². The normalized spacial score (nSPS) is 36.6. The summed E-state index contributed by atoms with van der Waals surface area (Å²) in [7, 11) is -0.820. The first-order valence-corrected chi connectivity index (χ1v) is 8.68. The minimum atomic E-state index is -2.81. The molecule has 3 unspecified atom stereocenters. The maximum Gasteiger partial charge on any atom is 0.150 e. The highest BCUT2D eigenvalue weighted by Gasteiger charge is 2.50. The van der Waals surface area contributed by atoms with Crippen molar-refractivity contribution < 1.29 is 8.42 Å². The van der Waals surface area contributed by atoms with E-state index >= 15 is 0 Å². The zero-order chi connectivity index (χ0) is 12.5. The summed E-state index contributed by atoms with van der Waals surface area (Å²) < 4.78 is 23.4. The summed E-state index contributed by atoms with van der Waals surface area (Å²) >= 11 is 0. The van der Waals surface area contributed by atoms with Gasteiger partial charge >= 0.3 is 0 Å². The van der Waals surface area contributed by atoms with Gasteiger partial charge in [-0.25, -0.2) is 8.42 Å². The predicted molar refractivity (Wildman–Crippen MR) is 70.8 cm³/mol. The summed E-state index contributed by atoms with van der Waals surface area (Å²) in [6.45, 7) is 2.74. The Bertz CT molecular complexity index is 366. The predicted octanol–water partition coefficient (Wildman–Crippen LogP) is 1.84. The molecule has 100 valence electrons. The SMILES string of the molecule is CCS(=O)(=O)CCC1(CNC)CC2CCC1C2. The fraction of sp³-hybridized carbons (Fsp3) is 1.00. The zero-order valence-corrected chi connectivity index (χ0v) is 11.9. The number of rotatable bonds is 6. The number of hydrogen-bond acceptors (Lipinski definition) is 3. The Balaban J connectivity index is 2.03. The molecule has 2 rings (SSSR count). The Morgan fingerprint density at radius 1 is 1.35 bits per heavy atom. The van der Waals surface area contributed by atoms with Crippen LogP contribution in [-0.4, -0.2) is 33.5 Å². The Labute approximate surface area is 105 Å². The van der Waals surface area contributed by atoms with E-state index in [0.717, 1.165) is 24.8 Å². The number of hydrogen-bond donors (Lipinski definition) is 1. The van der Waals surface area contributed by atoms with E-state index in [1.54, 1.807) is 6.92 Å². The smallest absolute Gasteiger partial charge is 0.150 e. The van der Waals surface area contributed by atoms with E-state index in [4.69, 9.17) is 0 Å². The average Bonchev–Trinajstić information content (AvgIpc) is 2.88. The Hall–Kier alpha value is -0.0900. The van der Waals surface area contributed by atoms with Gasteiger partial charge in [0.1, 0.15) is 9.84 Å². The quantitative estimate of drug-likeness (QED) is 0.791. The van der Waals surface area contributed by atoms with E-state index in [2.05, 4.69) is 5.32 Å². The number of nitrogens with one attached hydrogen (secondary N) is 1. The summed E-state index contributed by atoms with van der Waals surface area (Å²) in [5.41, 5.74) is 0.278. The van der Waals surface area contributed by atoms with Gasteiger partial charge in [0, 0.05) is 12.3 Å². The van der Waals surface area contributed by atoms with Crippen LogP contribution in [0.4, 0.5) is 0 Å². The summed E-state index contributed by atoms with van der Waals surface area (Å²) in [6.07, 6.45) is 6.14. The minimum Gasteiger partial charge on any atom is -0.319 e. The number of sulfone groups is 1. The molecule has 0 spiro atoms. The topological polar surface area (TPSA) is 46.2 Å². The van der Waals surface area contributed by atoms with Crippen LogP contribution >= 0.6 is 0 Å². The molecule has 2 saturated carbocycles. The van der Waals surface area contributed by atoms with Crippen LogP contribution in [0.1, 0.15) is 39.0 Å². The van der Waals surface area contributed by atoms with Crippen LogP contribution in [0.3, 0.4) is 0 Å². The van der Waals surface area contributed by atoms with Gasteiger partial charge in [0.15, 0.2) is 0 Å². The molecule has 2 fully saturated rings. The Morgan fingerprint density at radius 3 is 2.59 bits per heavy atom. The van der Waals surface area contributed by atoms with Gasteiger partial charge in [-0.15, -0.1) is 0 Å². The molecule has 1 N–H and O–H groups in total. The Kier molecular flexibility index (Phi) is 3.83. The van der Waals surface area contributed by atoms with Crippen molar-refractivity contribution in [1.29, 1.82) is 0 Å². The van der Waals surface area contributed by atoms with Crippen LogP contribution in [0.25, 0.3) is 0 Å². The lowest BCUT2D eigenvalue weighted by molar-refractivity contribution is 0.155. The fourth-order valence-electron chi connectivity index (χ4n) is 4.02. The second kappa shape index (κ2) is 4.88. The lowest BCUT2D eigenvalue weighted by Crippen LogP contribution is -2.39. The van der Waals surface area contributed by atoms with Gasteiger partial charge < -0.3 is 5.32 Å². The highest BCUT2D eigenvalue weighted by Crippen LogP contribution is 2.57. The number of fused-ring (bicyclic) bond motifs is 2. The molecule has 3 atom stereocenters. The van der Waals surface area contributed by atoms with E-state index in [0.29, 0.717) is 5.75 Å². The first kappa shape index (κ1) is 13.3. The third-order valence-corrected chi connectivity index (χ3v) is 6.69. The van der Waals surface area contributed by atoms with Crippen LogP contribution in [0, 0.1) is 17.3 Å². The third kappa shape index (κ3) is 2.68. The lowest BCUT2D eigenvalue weighted by atomic mass is 9.71. The fourth-order valence-corrected chi connectivity index (χ4v) is 5.03. The molecule has 2 bridgehead atoms. The molecule has 3 nitrogen and oxygen atoms in total. The van der Waals surface area contributed by atoms with Gasteiger partial charge in [0.25, 0.3) is 0 Å². The van der Waals surface area contributed by atoms with E-state index in [1.807, 2.05) is 7.05 Å². The van der Waals surface area contributed by atoms with Crippen molar-refractivity contribution in [1.82, 2.24) is 5.32 Å². The van der Waals surface area contributed by atoms with Crippen LogP contribution in [0.2, 0.25) is 0 Å². The standard InChI is InChI=1S/C13H25NO2S/c1-3-17(15,16)7-6-13(10-14-2)9-11-4-5-12(13)8-11/h11-12,14H,3-10H2,1-2H3. The second-order valence-corrected chi connectivity index (χ2v) is 8.43. The van der Waals surface area contributed by atoms with Gasteiger partial charge in [-0.2, -0.15) is 0 Å². The summed E-state index contributed by atoms with van der Waals surface area (Å²) in [5, 5.41) is 3.29. The first-order valence-electron chi connectivity index (χ1n) is 6.86. The van der Waals surface area contributed by atoms with Gasteiger partial charge in [-0.3, -0.25) is 0 Å². The molecule has 2 aliphatic rings. The average molecular weight is 259 g/mol. The van der Waals surface area contributed by atoms with Crippen molar-refractivity contribution in [3.63, 3.8) is 0 Å². The molecule has 0 heterocycles. The van der Waals surface area contributed by atoms with E-state index < -0.39 is 9.84 Å². The van der Waals surface area contributed by atoms with Crippen LogP contribution in [0.15, 0.2) is 0 Å². The first-order chi connectivity index (χ1) is 8.01. The Morgan fingerprint density at radius 2 is 2.12 bits per heavy atom. The second-order valence-electron chi connectivity index (χ2n) is 5.96. The van der Waals surface area contributed by atoms with Crippen LogP contribution in [-0.2, 0) is 9.84 Å². The van der Waals surface area contributed by atoms with Crippen molar-refractivity contribution in [3.05, 3.63) is 0 Å². The van der Waals surface area contributed by atoms with Crippen molar-refractivity contribution in [3.8, 4) is 0 Å². The molecule has 0 aliphatic heterocycles. The van der Waals surface area contributed by atoms with Gasteiger partial charge in [-0.1, -0.05) is 13.3 Å². The monoisotopic (exact) mass is 259 g/mol. The molecule has 0 aromatic rings. The summed E-state index contributed by atoms with van der Waals surface area (Å²) in [4.78, 5) is 0. The van der Waals surface area contributed by atoms with E-state index in [-0.39, 0.29) is 11.2 Å².